The van der Waals surface area contributed by atoms with Crippen LogP contribution < -0.4 is 5.32 Å². The second-order valence-corrected chi connectivity index (χ2v) is 6.92. The van der Waals surface area contributed by atoms with E-state index in [9.17, 15) is 9.59 Å². The summed E-state index contributed by atoms with van der Waals surface area (Å²) in [5.74, 6) is 0.620. The lowest BCUT2D eigenvalue weighted by Gasteiger charge is -2.30. The van der Waals surface area contributed by atoms with Gasteiger partial charge in [-0.3, -0.25) is 4.79 Å². The molecule has 5 heteroatoms. The first-order chi connectivity index (χ1) is 12.2. The number of allylic oxidation sites excluding steroid dienone is 1. The van der Waals surface area contributed by atoms with Gasteiger partial charge in [0, 0.05) is 38.3 Å². The Bertz CT molecular complexity index is 630. The summed E-state index contributed by atoms with van der Waals surface area (Å²) in [6.45, 7) is 7.52. The van der Waals surface area contributed by atoms with Crippen molar-refractivity contribution in [2.75, 3.05) is 26.2 Å². The summed E-state index contributed by atoms with van der Waals surface area (Å²) in [5.41, 5.74) is 1.67. The van der Waals surface area contributed by atoms with Crippen LogP contribution in [0.3, 0.4) is 0 Å². The standard InChI is InChI=1S/C20H27N3O2/c1-2-16-8-12-23(13-9-16)20(25)21-15-17-6-5-7-18(14-17)19(24)22-10-3-4-11-22/h2,5-7,14,16H,1,3-4,8-13,15H2,(H,21,25). The van der Waals surface area contributed by atoms with Gasteiger partial charge in [0.05, 0.1) is 0 Å². The fourth-order valence-electron chi connectivity index (χ4n) is 3.54. The van der Waals surface area contributed by atoms with Crippen LogP contribution in [0.5, 0.6) is 0 Å². The van der Waals surface area contributed by atoms with Gasteiger partial charge in [0.25, 0.3) is 5.91 Å². The van der Waals surface area contributed by atoms with E-state index in [4.69, 9.17) is 0 Å². The van der Waals surface area contributed by atoms with E-state index < -0.39 is 0 Å². The zero-order valence-corrected chi connectivity index (χ0v) is 14.7. The van der Waals surface area contributed by atoms with Crippen LogP contribution in [-0.2, 0) is 6.54 Å². The minimum absolute atomic E-state index is 0.0289. The van der Waals surface area contributed by atoms with E-state index in [1.807, 2.05) is 40.1 Å². The molecule has 2 saturated heterocycles. The number of nitrogens with zero attached hydrogens (tertiary/aromatic N) is 2. The number of hydrogen-bond acceptors (Lipinski definition) is 2. The fraction of sp³-hybridized carbons (Fsp3) is 0.500. The van der Waals surface area contributed by atoms with Crippen LogP contribution in [-0.4, -0.2) is 47.9 Å². The second-order valence-electron chi connectivity index (χ2n) is 6.92. The van der Waals surface area contributed by atoms with E-state index in [1.165, 1.54) is 0 Å². The molecule has 5 nitrogen and oxygen atoms in total. The van der Waals surface area contributed by atoms with Crippen molar-refractivity contribution in [3.05, 3.63) is 48.0 Å². The molecule has 0 radical (unpaired) electrons. The molecule has 2 heterocycles. The van der Waals surface area contributed by atoms with E-state index in [0.29, 0.717) is 18.0 Å². The zero-order valence-electron chi connectivity index (χ0n) is 14.7. The molecule has 0 atom stereocenters. The molecule has 0 spiro atoms. The molecule has 3 amide bonds. The van der Waals surface area contributed by atoms with Crippen LogP contribution in [0.2, 0.25) is 0 Å². The van der Waals surface area contributed by atoms with E-state index in [-0.39, 0.29) is 11.9 Å². The number of rotatable bonds is 4. The lowest BCUT2D eigenvalue weighted by atomic mass is 9.97. The van der Waals surface area contributed by atoms with Gasteiger partial charge >= 0.3 is 6.03 Å². The minimum Gasteiger partial charge on any atom is -0.339 e. The number of urea groups is 1. The van der Waals surface area contributed by atoms with Crippen molar-refractivity contribution in [3.63, 3.8) is 0 Å². The Hall–Kier alpha value is -2.30. The molecule has 2 fully saturated rings. The number of piperidine rings is 1. The summed E-state index contributed by atoms with van der Waals surface area (Å²) in [4.78, 5) is 28.5. The summed E-state index contributed by atoms with van der Waals surface area (Å²) >= 11 is 0. The molecule has 1 N–H and O–H groups in total. The first-order valence-electron chi connectivity index (χ1n) is 9.21. The molecule has 0 unspecified atom stereocenters. The fourth-order valence-corrected chi connectivity index (χ4v) is 3.54. The van der Waals surface area contributed by atoms with Crippen molar-refractivity contribution in [1.29, 1.82) is 0 Å². The van der Waals surface area contributed by atoms with Gasteiger partial charge in [-0.2, -0.15) is 0 Å². The van der Waals surface area contributed by atoms with Crippen LogP contribution in [0.25, 0.3) is 0 Å². The Kier molecular flexibility index (Phi) is 5.74. The third-order valence-electron chi connectivity index (χ3n) is 5.17. The van der Waals surface area contributed by atoms with Gasteiger partial charge in [-0.1, -0.05) is 18.2 Å². The van der Waals surface area contributed by atoms with E-state index in [0.717, 1.165) is 57.4 Å². The molecular weight excluding hydrogens is 314 g/mol. The highest BCUT2D eigenvalue weighted by atomic mass is 16.2. The molecule has 2 aliphatic heterocycles. The van der Waals surface area contributed by atoms with E-state index >= 15 is 0 Å². The molecule has 1 aromatic rings. The van der Waals surface area contributed by atoms with Gasteiger partial charge in [-0.15, -0.1) is 6.58 Å². The number of carbonyl (C=O) groups excluding carboxylic acids is 2. The third kappa shape index (κ3) is 4.41. The average molecular weight is 341 g/mol. The van der Waals surface area contributed by atoms with E-state index in [2.05, 4.69) is 11.9 Å². The van der Waals surface area contributed by atoms with Crippen molar-refractivity contribution in [2.45, 2.75) is 32.2 Å². The number of amides is 3. The smallest absolute Gasteiger partial charge is 0.317 e. The maximum atomic E-state index is 12.5. The van der Waals surface area contributed by atoms with Crippen molar-refractivity contribution in [3.8, 4) is 0 Å². The zero-order chi connectivity index (χ0) is 17.6. The first kappa shape index (κ1) is 17.5. The largest absolute Gasteiger partial charge is 0.339 e. The minimum atomic E-state index is -0.0289. The first-order valence-corrected chi connectivity index (χ1v) is 9.21. The van der Waals surface area contributed by atoms with Crippen LogP contribution in [0, 0.1) is 5.92 Å². The quantitative estimate of drug-likeness (QED) is 0.856. The maximum Gasteiger partial charge on any atom is 0.317 e. The Labute approximate surface area is 149 Å². The molecule has 0 aromatic heterocycles. The SMILES string of the molecule is C=CC1CCN(C(=O)NCc2cccc(C(=O)N3CCCC3)c2)CC1. The molecule has 0 aliphatic carbocycles. The molecule has 25 heavy (non-hydrogen) atoms. The van der Waals surface area contributed by atoms with Gasteiger partial charge in [0.2, 0.25) is 0 Å². The van der Waals surface area contributed by atoms with Gasteiger partial charge < -0.3 is 15.1 Å². The Morgan fingerprint density at radius 2 is 1.84 bits per heavy atom. The van der Waals surface area contributed by atoms with Gasteiger partial charge in [0.15, 0.2) is 0 Å². The summed E-state index contributed by atoms with van der Waals surface area (Å²) in [6, 6.07) is 7.56. The second kappa shape index (κ2) is 8.19. The Morgan fingerprint density at radius 3 is 2.52 bits per heavy atom. The summed E-state index contributed by atoms with van der Waals surface area (Å²) in [6.07, 6.45) is 6.12. The molecule has 1 aromatic carbocycles. The highest BCUT2D eigenvalue weighted by molar-refractivity contribution is 5.94. The lowest BCUT2D eigenvalue weighted by molar-refractivity contribution is 0.0792. The van der Waals surface area contributed by atoms with Gasteiger partial charge in [0.1, 0.15) is 0 Å². The van der Waals surface area contributed by atoms with Crippen molar-refractivity contribution < 1.29 is 9.59 Å². The molecule has 0 bridgehead atoms. The van der Waals surface area contributed by atoms with Crippen molar-refractivity contribution in [1.82, 2.24) is 15.1 Å². The number of carbonyl (C=O) groups is 2. The van der Waals surface area contributed by atoms with Crippen LogP contribution in [0.15, 0.2) is 36.9 Å². The molecular formula is C20H27N3O2. The number of likely N-dealkylation sites (tertiary alicyclic amines) is 2. The number of benzene rings is 1. The normalized spacial score (nSPS) is 18.2. The van der Waals surface area contributed by atoms with Crippen LogP contribution in [0.4, 0.5) is 4.79 Å². The average Bonchev–Trinajstić information content (AvgIpc) is 3.20. The van der Waals surface area contributed by atoms with Gasteiger partial charge in [-0.25, -0.2) is 4.79 Å². The molecule has 3 rings (SSSR count). The Morgan fingerprint density at radius 1 is 1.12 bits per heavy atom. The van der Waals surface area contributed by atoms with Crippen molar-refractivity contribution in [2.24, 2.45) is 5.92 Å². The summed E-state index contributed by atoms with van der Waals surface area (Å²) < 4.78 is 0. The van der Waals surface area contributed by atoms with Crippen LogP contribution >= 0.6 is 0 Å². The predicted octanol–water partition coefficient (Wildman–Crippen LogP) is 3.03. The highest BCUT2D eigenvalue weighted by Crippen LogP contribution is 2.18. The molecule has 0 saturated carbocycles. The third-order valence-corrected chi connectivity index (χ3v) is 5.17. The van der Waals surface area contributed by atoms with Crippen LogP contribution in [0.1, 0.15) is 41.6 Å². The van der Waals surface area contributed by atoms with Gasteiger partial charge in [-0.05, 0) is 49.3 Å². The van der Waals surface area contributed by atoms with E-state index in [1.54, 1.807) is 0 Å². The monoisotopic (exact) mass is 341 g/mol. The lowest BCUT2D eigenvalue weighted by Crippen LogP contribution is -2.44. The molecule has 2 aliphatic rings. The summed E-state index contributed by atoms with van der Waals surface area (Å²) in [7, 11) is 0. The van der Waals surface area contributed by atoms with Crippen molar-refractivity contribution >= 4 is 11.9 Å². The maximum absolute atomic E-state index is 12.5. The summed E-state index contributed by atoms with van der Waals surface area (Å²) in [5, 5.41) is 2.97. The highest BCUT2D eigenvalue weighted by Gasteiger charge is 2.21. The molecule has 134 valence electrons. The topological polar surface area (TPSA) is 52.7 Å². The number of nitrogens with one attached hydrogen (secondary N) is 1. The predicted molar refractivity (Wildman–Crippen MR) is 98.3 cm³/mol. The Balaban J connectivity index is 1.53. The number of hydrogen-bond donors (Lipinski definition) is 1.